The zero-order valence-electron chi connectivity index (χ0n) is 23.1. The second-order valence-electron chi connectivity index (χ2n) is 10.5. The molecule has 8 nitrogen and oxygen atoms in total. The molecule has 41 heavy (non-hydrogen) atoms. The maximum absolute atomic E-state index is 13.4. The van der Waals surface area contributed by atoms with E-state index in [1.807, 2.05) is 30.3 Å². The van der Waals surface area contributed by atoms with Gasteiger partial charge in [-0.1, -0.05) is 48.0 Å². The molecular weight excluding hydrogens is 542 g/mol. The Labute approximate surface area is 244 Å². The summed E-state index contributed by atoms with van der Waals surface area (Å²) in [5, 5.41) is 6.39. The zero-order chi connectivity index (χ0) is 29.4. The maximum Gasteiger partial charge on any atom is 0.407 e. The van der Waals surface area contributed by atoms with Crippen LogP contribution < -0.4 is 10.6 Å². The van der Waals surface area contributed by atoms with Gasteiger partial charge in [0.25, 0.3) is 5.91 Å². The SMILES string of the molecule is CC(C)(C)OC(=O)NCCC[C@H](NC(=O)c1cccc(-c2ccc(C=O)cc2)c1)c1ncc(-c2ccc(Cl)cc2)o1. The lowest BCUT2D eigenvalue weighted by molar-refractivity contribution is 0.0525. The number of rotatable bonds is 10. The number of hydrogen-bond donors (Lipinski definition) is 2. The summed E-state index contributed by atoms with van der Waals surface area (Å²) >= 11 is 6.02. The Morgan fingerprint density at radius 3 is 2.39 bits per heavy atom. The van der Waals surface area contributed by atoms with Gasteiger partial charge in [-0.05, 0) is 81.1 Å². The summed E-state index contributed by atoms with van der Waals surface area (Å²) in [5.41, 5.74) is 2.98. The molecule has 0 radical (unpaired) electrons. The van der Waals surface area contributed by atoms with Crippen molar-refractivity contribution >= 4 is 29.9 Å². The number of nitrogens with zero attached hydrogens (tertiary/aromatic N) is 1. The summed E-state index contributed by atoms with van der Waals surface area (Å²) in [6, 6.07) is 21.0. The summed E-state index contributed by atoms with van der Waals surface area (Å²) in [4.78, 5) is 40.9. The van der Waals surface area contributed by atoms with E-state index in [1.54, 1.807) is 69.4 Å². The van der Waals surface area contributed by atoms with Crippen LogP contribution in [0.2, 0.25) is 5.02 Å². The van der Waals surface area contributed by atoms with Crippen LogP contribution in [-0.2, 0) is 4.74 Å². The average molecular weight is 574 g/mol. The highest BCUT2D eigenvalue weighted by molar-refractivity contribution is 6.30. The molecule has 2 amide bonds. The number of ether oxygens (including phenoxy) is 1. The van der Waals surface area contributed by atoms with Crippen molar-refractivity contribution in [1.82, 2.24) is 15.6 Å². The smallest absolute Gasteiger partial charge is 0.407 e. The Hall–Kier alpha value is -4.43. The van der Waals surface area contributed by atoms with Crippen molar-refractivity contribution in [2.24, 2.45) is 0 Å². The fraction of sp³-hybridized carbons (Fsp3) is 0.250. The Kier molecular flexibility index (Phi) is 9.57. The number of carbonyl (C=O) groups is 3. The van der Waals surface area contributed by atoms with Gasteiger partial charge >= 0.3 is 6.09 Å². The molecule has 0 fully saturated rings. The highest BCUT2D eigenvalue weighted by Crippen LogP contribution is 2.27. The number of benzene rings is 3. The molecule has 0 spiro atoms. The molecule has 0 aliphatic carbocycles. The van der Waals surface area contributed by atoms with Gasteiger partial charge in [-0.25, -0.2) is 9.78 Å². The molecule has 0 bridgehead atoms. The number of aromatic nitrogens is 1. The third-order valence-corrected chi connectivity index (χ3v) is 6.35. The summed E-state index contributed by atoms with van der Waals surface area (Å²) in [7, 11) is 0. The largest absolute Gasteiger partial charge is 0.444 e. The van der Waals surface area contributed by atoms with Crippen molar-refractivity contribution in [3.05, 3.63) is 101 Å². The molecule has 9 heteroatoms. The second kappa shape index (κ2) is 13.3. The van der Waals surface area contributed by atoms with E-state index in [9.17, 15) is 14.4 Å². The predicted molar refractivity (Wildman–Crippen MR) is 158 cm³/mol. The van der Waals surface area contributed by atoms with Crippen LogP contribution in [0.5, 0.6) is 0 Å². The first-order valence-electron chi connectivity index (χ1n) is 13.3. The van der Waals surface area contributed by atoms with Gasteiger partial charge in [0, 0.05) is 28.3 Å². The van der Waals surface area contributed by atoms with Crippen LogP contribution in [0.3, 0.4) is 0 Å². The van der Waals surface area contributed by atoms with Gasteiger partial charge in [0.2, 0.25) is 5.89 Å². The molecule has 0 saturated carbocycles. The molecule has 212 valence electrons. The quantitative estimate of drug-likeness (QED) is 0.153. The van der Waals surface area contributed by atoms with Gasteiger partial charge in [-0.15, -0.1) is 0 Å². The second-order valence-corrected chi connectivity index (χ2v) is 10.9. The van der Waals surface area contributed by atoms with Crippen LogP contribution in [0.4, 0.5) is 4.79 Å². The fourth-order valence-electron chi connectivity index (χ4n) is 4.10. The molecular formula is C32H32ClN3O5. The topological polar surface area (TPSA) is 111 Å². The highest BCUT2D eigenvalue weighted by atomic mass is 35.5. The Balaban J connectivity index is 1.50. The van der Waals surface area contributed by atoms with Gasteiger partial charge in [0.05, 0.1) is 6.20 Å². The van der Waals surface area contributed by atoms with E-state index in [2.05, 4.69) is 15.6 Å². The Bertz CT molecular complexity index is 1490. The van der Waals surface area contributed by atoms with Gasteiger partial charge < -0.3 is 19.8 Å². The number of amides is 2. The molecule has 0 unspecified atom stereocenters. The molecule has 4 rings (SSSR count). The van der Waals surface area contributed by atoms with Gasteiger partial charge in [-0.3, -0.25) is 9.59 Å². The number of alkyl carbamates (subject to hydrolysis) is 1. The minimum atomic E-state index is -0.595. The molecule has 1 atom stereocenters. The summed E-state index contributed by atoms with van der Waals surface area (Å²) in [6.07, 6.45) is 2.89. The van der Waals surface area contributed by atoms with Crippen molar-refractivity contribution in [1.29, 1.82) is 0 Å². The normalized spacial score (nSPS) is 11.9. The third kappa shape index (κ3) is 8.53. The summed E-state index contributed by atoms with van der Waals surface area (Å²) < 4.78 is 11.4. The van der Waals surface area contributed by atoms with Crippen molar-refractivity contribution < 1.29 is 23.5 Å². The monoisotopic (exact) mass is 573 g/mol. The van der Waals surface area contributed by atoms with Crippen LogP contribution in [0.1, 0.15) is 66.3 Å². The van der Waals surface area contributed by atoms with E-state index in [0.29, 0.717) is 47.2 Å². The molecule has 2 N–H and O–H groups in total. The number of halogens is 1. The molecule has 0 aliphatic rings. The predicted octanol–water partition coefficient (Wildman–Crippen LogP) is 7.25. The molecule has 0 aliphatic heterocycles. The summed E-state index contributed by atoms with van der Waals surface area (Å²) in [6.45, 7) is 5.74. The van der Waals surface area contributed by atoms with Crippen LogP contribution in [-0.4, -0.2) is 35.4 Å². The standard InChI is InChI=1S/C32H32ClN3O5/c1-32(2,3)41-31(39)34-17-5-8-27(30-35-19-28(40-30)23-13-15-26(33)16-14-23)36-29(38)25-7-4-6-24(18-25)22-11-9-21(20-37)10-12-22/h4,6-7,9-16,18-20,27H,5,8,17H2,1-3H3,(H,34,39)(H,36,38)/t27-/m0/s1. The van der Waals surface area contributed by atoms with Crippen LogP contribution in [0, 0.1) is 0 Å². The molecule has 3 aromatic carbocycles. The number of hydrogen-bond acceptors (Lipinski definition) is 6. The first-order valence-corrected chi connectivity index (χ1v) is 13.6. The van der Waals surface area contributed by atoms with E-state index in [0.717, 1.165) is 23.0 Å². The minimum Gasteiger partial charge on any atom is -0.444 e. The Morgan fingerprint density at radius 1 is 1.00 bits per heavy atom. The lowest BCUT2D eigenvalue weighted by Crippen LogP contribution is -2.34. The third-order valence-electron chi connectivity index (χ3n) is 6.10. The average Bonchev–Trinajstić information content (AvgIpc) is 3.44. The number of carbonyl (C=O) groups excluding carboxylic acids is 3. The van der Waals surface area contributed by atoms with Crippen LogP contribution in [0.25, 0.3) is 22.5 Å². The van der Waals surface area contributed by atoms with E-state index >= 15 is 0 Å². The zero-order valence-corrected chi connectivity index (χ0v) is 23.9. The molecule has 1 heterocycles. The fourth-order valence-corrected chi connectivity index (χ4v) is 4.23. The lowest BCUT2D eigenvalue weighted by Gasteiger charge is -2.20. The number of oxazole rings is 1. The van der Waals surface area contributed by atoms with Crippen molar-refractivity contribution in [3.63, 3.8) is 0 Å². The van der Waals surface area contributed by atoms with Crippen LogP contribution >= 0.6 is 11.6 Å². The first kappa shape index (κ1) is 29.6. The Morgan fingerprint density at radius 2 is 1.71 bits per heavy atom. The summed E-state index contributed by atoms with van der Waals surface area (Å²) in [5.74, 6) is 0.595. The van der Waals surface area contributed by atoms with Crippen molar-refractivity contribution in [3.8, 4) is 22.5 Å². The van der Waals surface area contributed by atoms with E-state index < -0.39 is 17.7 Å². The molecule has 4 aromatic rings. The van der Waals surface area contributed by atoms with E-state index in [4.69, 9.17) is 20.8 Å². The van der Waals surface area contributed by atoms with Gasteiger partial charge in [0.15, 0.2) is 5.76 Å². The minimum absolute atomic E-state index is 0.298. The van der Waals surface area contributed by atoms with Gasteiger partial charge in [0.1, 0.15) is 17.9 Å². The van der Waals surface area contributed by atoms with Crippen molar-refractivity contribution in [2.45, 2.75) is 45.3 Å². The number of nitrogens with one attached hydrogen (secondary N) is 2. The van der Waals surface area contributed by atoms with E-state index in [-0.39, 0.29) is 5.91 Å². The number of aldehydes is 1. The highest BCUT2D eigenvalue weighted by Gasteiger charge is 2.22. The lowest BCUT2D eigenvalue weighted by atomic mass is 10.0. The van der Waals surface area contributed by atoms with Crippen molar-refractivity contribution in [2.75, 3.05) is 6.54 Å². The maximum atomic E-state index is 13.4. The van der Waals surface area contributed by atoms with E-state index in [1.165, 1.54) is 0 Å². The van der Waals surface area contributed by atoms with Crippen LogP contribution in [0.15, 0.2) is 83.4 Å². The van der Waals surface area contributed by atoms with Gasteiger partial charge in [-0.2, -0.15) is 0 Å². The molecule has 0 saturated heterocycles. The first-order chi connectivity index (χ1) is 19.6. The molecule has 1 aromatic heterocycles.